The fourth-order valence-corrected chi connectivity index (χ4v) is 9.28. The number of benzene rings is 4. The molecule has 0 aliphatic heterocycles. The highest BCUT2D eigenvalue weighted by atomic mass is 35.5. The molecule has 0 aliphatic rings. The molecular weight excluding hydrogens is 433 g/mol. The lowest BCUT2D eigenvalue weighted by atomic mass is 9.98. The fraction of sp³-hybridized carbons (Fsp3) is 0.107. The van der Waals surface area contributed by atoms with Crippen molar-refractivity contribution in [3.8, 4) is 6.07 Å². The average Bonchev–Trinajstić information content (AvgIpc) is 2.89. The van der Waals surface area contributed by atoms with E-state index < -0.39 is 18.2 Å². The Morgan fingerprint density at radius 1 is 0.688 bits per heavy atom. The van der Waals surface area contributed by atoms with Gasteiger partial charge < -0.3 is 5.11 Å². The average molecular weight is 457 g/mol. The first-order chi connectivity index (χ1) is 15.6. The van der Waals surface area contributed by atoms with E-state index in [9.17, 15) is 10.4 Å². The Kier molecular flexibility index (Phi) is 6.73. The highest BCUT2D eigenvalue weighted by Crippen LogP contribution is 2.59. The number of aliphatic hydroxyl groups excluding tert-OH is 1. The van der Waals surface area contributed by atoms with Crippen LogP contribution < -0.4 is 15.9 Å². The van der Waals surface area contributed by atoms with Crippen LogP contribution in [0.5, 0.6) is 0 Å². The third-order valence-corrected chi connectivity index (χ3v) is 10.9. The third-order valence-electron chi connectivity index (χ3n) is 5.79. The van der Waals surface area contributed by atoms with E-state index in [1.165, 1.54) is 0 Å². The molecule has 1 N–H and O–H groups in total. The van der Waals surface area contributed by atoms with Gasteiger partial charge in [-0.25, -0.2) is 0 Å². The van der Waals surface area contributed by atoms with Crippen molar-refractivity contribution in [3.05, 3.63) is 127 Å². The van der Waals surface area contributed by atoms with E-state index in [0.29, 0.717) is 11.7 Å². The highest BCUT2D eigenvalue weighted by molar-refractivity contribution is 7.95. The Hall–Kier alpha value is -2.95. The lowest BCUT2D eigenvalue weighted by Crippen LogP contribution is -2.43. The van der Waals surface area contributed by atoms with Crippen LogP contribution in [0.1, 0.15) is 11.7 Å². The van der Waals surface area contributed by atoms with Crippen LogP contribution in [0.3, 0.4) is 0 Å². The van der Waals surface area contributed by atoms with Gasteiger partial charge >= 0.3 is 0 Å². The number of aliphatic hydroxyl groups is 1. The predicted octanol–water partition coefficient (Wildman–Crippen LogP) is 5.22. The van der Waals surface area contributed by atoms with Crippen molar-refractivity contribution in [1.82, 2.24) is 0 Å². The van der Waals surface area contributed by atoms with E-state index in [1.54, 1.807) is 0 Å². The zero-order chi connectivity index (χ0) is 22.4. The number of nitriles is 1. The van der Waals surface area contributed by atoms with Crippen LogP contribution in [0.4, 0.5) is 0 Å². The van der Waals surface area contributed by atoms with Gasteiger partial charge in [-0.15, -0.1) is 0 Å². The summed E-state index contributed by atoms with van der Waals surface area (Å²) in [7, 11) is -2.38. The minimum absolute atomic E-state index is 0.298. The van der Waals surface area contributed by atoms with Crippen LogP contribution in [0, 0.1) is 11.3 Å². The first-order valence-electron chi connectivity index (χ1n) is 10.5. The molecule has 0 radical (unpaired) electrons. The lowest BCUT2D eigenvalue weighted by molar-refractivity contribution is 0.156. The highest BCUT2D eigenvalue weighted by Gasteiger charge is 2.54. The molecule has 0 spiro atoms. The van der Waals surface area contributed by atoms with Crippen molar-refractivity contribution in [2.75, 3.05) is 6.16 Å². The molecule has 2 atom stereocenters. The van der Waals surface area contributed by atoms with Gasteiger partial charge in [0.15, 0.2) is 4.87 Å². The van der Waals surface area contributed by atoms with Gasteiger partial charge in [0.1, 0.15) is 35.4 Å². The Morgan fingerprint density at radius 3 is 1.38 bits per heavy atom. The van der Waals surface area contributed by atoms with E-state index in [-0.39, 0.29) is 0 Å². The van der Waals surface area contributed by atoms with Gasteiger partial charge in [-0.3, -0.25) is 0 Å². The van der Waals surface area contributed by atoms with E-state index in [0.717, 1.165) is 15.9 Å². The summed E-state index contributed by atoms with van der Waals surface area (Å²) in [5, 5.41) is 25.0. The summed E-state index contributed by atoms with van der Waals surface area (Å²) >= 11 is 7.06. The Balaban J connectivity index is 1.96. The van der Waals surface area contributed by atoms with Gasteiger partial charge in [0, 0.05) is 0 Å². The van der Waals surface area contributed by atoms with Gasteiger partial charge in [-0.2, -0.15) is 5.26 Å². The summed E-state index contributed by atoms with van der Waals surface area (Å²) in [6, 6.07) is 42.2. The van der Waals surface area contributed by atoms with Gasteiger partial charge in [0.25, 0.3) is 0 Å². The first kappa shape index (κ1) is 22.3. The van der Waals surface area contributed by atoms with Crippen LogP contribution >= 0.6 is 18.9 Å². The molecule has 158 valence electrons. The second-order valence-electron chi connectivity index (χ2n) is 7.76. The van der Waals surface area contributed by atoms with E-state index >= 15 is 0 Å². The van der Waals surface area contributed by atoms with Gasteiger partial charge in [-0.05, 0) is 42.0 Å². The van der Waals surface area contributed by atoms with Crippen molar-refractivity contribution in [1.29, 1.82) is 5.26 Å². The standard InChI is InChI=1S/C28H24ClNOP/c29-28(21-30,27(31)23-13-5-1-6-14-23)22-32(24-15-7-2-8-16-24,25-17-9-3-10-18-25)26-19-11-4-12-20-26/h1-20,27,31H,22H2/q+1. The van der Waals surface area contributed by atoms with E-state index in [1.807, 2.05) is 84.9 Å². The topological polar surface area (TPSA) is 44.0 Å². The zero-order valence-electron chi connectivity index (χ0n) is 17.6. The summed E-state index contributed by atoms with van der Waals surface area (Å²) < 4.78 is 0. The zero-order valence-corrected chi connectivity index (χ0v) is 19.2. The summed E-state index contributed by atoms with van der Waals surface area (Å²) in [6.07, 6.45) is -0.836. The van der Waals surface area contributed by atoms with Gasteiger partial charge in [0.2, 0.25) is 0 Å². The molecule has 0 fully saturated rings. The molecule has 0 aromatic heterocycles. The van der Waals surface area contributed by atoms with Gasteiger partial charge in [0.05, 0.1) is 6.07 Å². The molecule has 2 nitrogen and oxygen atoms in total. The molecule has 0 bridgehead atoms. The molecule has 0 heterocycles. The maximum Gasteiger partial charge on any atom is 0.194 e. The Bertz CT molecular complexity index is 1080. The normalized spacial score (nSPS) is 14.2. The molecule has 0 saturated heterocycles. The van der Waals surface area contributed by atoms with Crippen LogP contribution in [0.15, 0.2) is 121 Å². The number of rotatable bonds is 7. The molecule has 2 unspecified atom stereocenters. The van der Waals surface area contributed by atoms with Crippen molar-refractivity contribution in [2.24, 2.45) is 0 Å². The summed E-state index contributed by atoms with van der Waals surface area (Å²) in [6.45, 7) is 0. The van der Waals surface area contributed by atoms with Crippen LogP contribution in [0.2, 0.25) is 0 Å². The van der Waals surface area contributed by atoms with Crippen LogP contribution in [0.25, 0.3) is 0 Å². The fourth-order valence-electron chi connectivity index (χ4n) is 4.20. The van der Waals surface area contributed by atoms with Gasteiger partial charge in [-0.1, -0.05) is 96.5 Å². The number of hydrogen-bond acceptors (Lipinski definition) is 2. The predicted molar refractivity (Wildman–Crippen MR) is 136 cm³/mol. The smallest absolute Gasteiger partial charge is 0.194 e. The van der Waals surface area contributed by atoms with Crippen molar-refractivity contribution in [2.45, 2.75) is 11.0 Å². The maximum atomic E-state index is 11.3. The second kappa shape index (κ2) is 9.68. The minimum atomic E-state index is -2.38. The molecule has 0 saturated carbocycles. The third kappa shape index (κ3) is 4.21. The largest absolute Gasteiger partial charge is 0.385 e. The van der Waals surface area contributed by atoms with Crippen LogP contribution in [-0.2, 0) is 0 Å². The maximum absolute atomic E-state index is 11.3. The molecule has 4 aromatic rings. The summed E-state index contributed by atoms with van der Waals surface area (Å²) in [4.78, 5) is -1.52. The summed E-state index contributed by atoms with van der Waals surface area (Å²) in [5.74, 6) is 0. The molecule has 32 heavy (non-hydrogen) atoms. The molecule has 0 amide bonds. The Morgan fingerprint density at radius 2 is 1.03 bits per heavy atom. The quantitative estimate of drug-likeness (QED) is 0.306. The molecule has 0 aliphatic carbocycles. The monoisotopic (exact) mass is 456 g/mol. The number of alkyl halides is 1. The SMILES string of the molecule is N#CC(Cl)(C[P+](c1ccccc1)(c1ccccc1)c1ccccc1)C(O)c1ccccc1. The molecule has 4 heteroatoms. The van der Waals surface area contributed by atoms with Crippen molar-refractivity contribution >= 4 is 34.8 Å². The van der Waals surface area contributed by atoms with E-state index in [4.69, 9.17) is 11.6 Å². The minimum Gasteiger partial charge on any atom is -0.385 e. The molecule has 4 rings (SSSR count). The number of halogens is 1. The summed E-state index contributed by atoms with van der Waals surface area (Å²) in [5.41, 5.74) is 0.635. The second-order valence-corrected chi connectivity index (χ2v) is 11.9. The molecule has 4 aromatic carbocycles. The Labute approximate surface area is 195 Å². The molecular formula is C28H24ClNOP+. The lowest BCUT2D eigenvalue weighted by Gasteiger charge is -2.34. The van der Waals surface area contributed by atoms with Crippen molar-refractivity contribution in [3.63, 3.8) is 0 Å². The first-order valence-corrected chi connectivity index (χ1v) is 12.8. The van der Waals surface area contributed by atoms with E-state index in [2.05, 4.69) is 42.5 Å². The van der Waals surface area contributed by atoms with Crippen LogP contribution in [-0.4, -0.2) is 16.1 Å². The van der Waals surface area contributed by atoms with Crippen molar-refractivity contribution < 1.29 is 5.11 Å². The number of hydrogen-bond donors (Lipinski definition) is 1. The number of nitrogens with zero attached hydrogens (tertiary/aromatic N) is 1.